The minimum atomic E-state index is -2.89. The van der Waals surface area contributed by atoms with E-state index in [2.05, 4.69) is 10.6 Å². The molecule has 1 aliphatic heterocycles. The highest BCUT2D eigenvalue weighted by Crippen LogP contribution is 2.14. The Morgan fingerprint density at radius 2 is 1.80 bits per heavy atom. The quantitative estimate of drug-likeness (QED) is 0.881. The highest BCUT2D eigenvalue weighted by molar-refractivity contribution is 7.91. The standard InChI is InChI=1S/C14H20N2O3S/c1-2-15-12-5-3-11(4-6-12)14(17)16-13-7-9-20(18,19)10-8-13/h3-6,13,15H,2,7-10H2,1H3,(H,16,17). The summed E-state index contributed by atoms with van der Waals surface area (Å²) in [4.78, 5) is 12.1. The third-order valence-corrected chi connectivity index (χ3v) is 5.13. The zero-order valence-corrected chi connectivity index (χ0v) is 12.4. The van der Waals surface area contributed by atoms with Gasteiger partial charge in [0.2, 0.25) is 0 Å². The van der Waals surface area contributed by atoms with Crippen molar-refractivity contribution >= 4 is 21.4 Å². The highest BCUT2D eigenvalue weighted by atomic mass is 32.2. The highest BCUT2D eigenvalue weighted by Gasteiger charge is 2.24. The third-order valence-electron chi connectivity index (χ3n) is 3.42. The van der Waals surface area contributed by atoms with E-state index in [4.69, 9.17) is 0 Å². The van der Waals surface area contributed by atoms with Crippen molar-refractivity contribution < 1.29 is 13.2 Å². The van der Waals surface area contributed by atoms with Gasteiger partial charge in [-0.3, -0.25) is 4.79 Å². The van der Waals surface area contributed by atoms with E-state index in [0.717, 1.165) is 12.2 Å². The van der Waals surface area contributed by atoms with Crippen LogP contribution in [0.15, 0.2) is 24.3 Å². The summed E-state index contributed by atoms with van der Waals surface area (Å²) in [5, 5.41) is 6.07. The summed E-state index contributed by atoms with van der Waals surface area (Å²) >= 11 is 0. The van der Waals surface area contributed by atoms with E-state index in [-0.39, 0.29) is 23.5 Å². The maximum absolute atomic E-state index is 12.1. The van der Waals surface area contributed by atoms with Gasteiger partial charge in [0.25, 0.3) is 5.91 Å². The third kappa shape index (κ3) is 3.96. The monoisotopic (exact) mass is 296 g/mol. The summed E-state index contributed by atoms with van der Waals surface area (Å²) in [6.45, 7) is 2.85. The smallest absolute Gasteiger partial charge is 0.251 e. The van der Waals surface area contributed by atoms with Crippen molar-refractivity contribution in [3.63, 3.8) is 0 Å². The van der Waals surface area contributed by atoms with E-state index in [1.165, 1.54) is 0 Å². The second-order valence-corrected chi connectivity index (χ2v) is 7.31. The summed E-state index contributed by atoms with van der Waals surface area (Å²) < 4.78 is 22.7. The van der Waals surface area contributed by atoms with Gasteiger partial charge in [-0.2, -0.15) is 0 Å². The molecule has 1 heterocycles. The summed E-state index contributed by atoms with van der Waals surface area (Å²) in [7, 11) is -2.89. The van der Waals surface area contributed by atoms with Gasteiger partial charge < -0.3 is 10.6 Å². The molecule has 1 aromatic carbocycles. The lowest BCUT2D eigenvalue weighted by Crippen LogP contribution is -2.40. The van der Waals surface area contributed by atoms with Gasteiger partial charge in [0.1, 0.15) is 9.84 Å². The Morgan fingerprint density at radius 1 is 1.20 bits per heavy atom. The minimum Gasteiger partial charge on any atom is -0.385 e. The van der Waals surface area contributed by atoms with Crippen LogP contribution in [0, 0.1) is 0 Å². The molecule has 0 atom stereocenters. The number of nitrogens with one attached hydrogen (secondary N) is 2. The van der Waals surface area contributed by atoms with E-state index < -0.39 is 9.84 Å². The lowest BCUT2D eigenvalue weighted by molar-refractivity contribution is 0.0934. The van der Waals surface area contributed by atoms with Gasteiger partial charge in [-0.05, 0) is 44.0 Å². The summed E-state index contributed by atoms with van der Waals surface area (Å²) in [5.74, 6) is 0.187. The summed E-state index contributed by atoms with van der Waals surface area (Å²) in [6, 6.07) is 7.23. The lowest BCUT2D eigenvalue weighted by atomic mass is 10.1. The fourth-order valence-electron chi connectivity index (χ4n) is 2.25. The number of carbonyl (C=O) groups is 1. The molecule has 1 aliphatic rings. The van der Waals surface area contributed by atoms with Crippen molar-refractivity contribution in [1.82, 2.24) is 5.32 Å². The van der Waals surface area contributed by atoms with Gasteiger partial charge in [-0.1, -0.05) is 0 Å². The fraction of sp³-hybridized carbons (Fsp3) is 0.500. The zero-order chi connectivity index (χ0) is 14.6. The van der Waals surface area contributed by atoms with Crippen LogP contribution in [0.2, 0.25) is 0 Å². The van der Waals surface area contributed by atoms with Crippen molar-refractivity contribution in [2.24, 2.45) is 0 Å². The normalized spacial score (nSPS) is 18.4. The van der Waals surface area contributed by atoms with Crippen LogP contribution in [-0.2, 0) is 9.84 Å². The van der Waals surface area contributed by atoms with E-state index in [0.29, 0.717) is 18.4 Å². The number of rotatable bonds is 4. The van der Waals surface area contributed by atoms with Gasteiger partial charge in [0, 0.05) is 23.8 Å². The van der Waals surface area contributed by atoms with Crippen LogP contribution in [0.4, 0.5) is 5.69 Å². The van der Waals surface area contributed by atoms with Gasteiger partial charge in [0.15, 0.2) is 0 Å². The van der Waals surface area contributed by atoms with Crippen LogP contribution in [0.1, 0.15) is 30.1 Å². The second kappa shape index (κ2) is 6.26. The molecule has 0 aliphatic carbocycles. The molecule has 5 nitrogen and oxygen atoms in total. The molecule has 1 aromatic rings. The Labute approximate surface area is 119 Å². The van der Waals surface area contributed by atoms with E-state index in [1.54, 1.807) is 12.1 Å². The van der Waals surface area contributed by atoms with Gasteiger partial charge in [-0.15, -0.1) is 0 Å². The second-order valence-electron chi connectivity index (χ2n) is 5.01. The van der Waals surface area contributed by atoms with Crippen molar-refractivity contribution in [3.05, 3.63) is 29.8 Å². The molecule has 2 N–H and O–H groups in total. The first-order valence-electron chi connectivity index (χ1n) is 6.85. The van der Waals surface area contributed by atoms with Crippen molar-refractivity contribution in [3.8, 4) is 0 Å². The molecule has 0 aromatic heterocycles. The molecule has 0 unspecified atom stereocenters. The topological polar surface area (TPSA) is 75.3 Å². The first kappa shape index (κ1) is 14.8. The summed E-state index contributed by atoms with van der Waals surface area (Å²) in [6.07, 6.45) is 1.01. The Kier molecular flexibility index (Phi) is 4.65. The van der Waals surface area contributed by atoms with Gasteiger partial charge in [0.05, 0.1) is 11.5 Å². The Bertz CT molecular complexity index is 553. The Balaban J connectivity index is 1.91. The lowest BCUT2D eigenvalue weighted by Gasteiger charge is -2.23. The average Bonchev–Trinajstić information content (AvgIpc) is 2.42. The molecular weight excluding hydrogens is 276 g/mol. The molecule has 0 spiro atoms. The molecule has 6 heteroatoms. The number of anilines is 1. The molecule has 0 radical (unpaired) electrons. The van der Waals surface area contributed by atoms with Gasteiger partial charge in [-0.25, -0.2) is 8.42 Å². The minimum absolute atomic E-state index is 0.0422. The maximum atomic E-state index is 12.1. The molecular formula is C14H20N2O3S. The predicted octanol–water partition coefficient (Wildman–Crippen LogP) is 1.43. The zero-order valence-electron chi connectivity index (χ0n) is 11.6. The van der Waals surface area contributed by atoms with Crippen molar-refractivity contribution in [2.45, 2.75) is 25.8 Å². The van der Waals surface area contributed by atoms with Crippen LogP contribution in [0.25, 0.3) is 0 Å². The van der Waals surface area contributed by atoms with Crippen LogP contribution in [0.5, 0.6) is 0 Å². The molecule has 0 bridgehead atoms. The van der Waals surface area contributed by atoms with E-state index in [1.807, 2.05) is 19.1 Å². The number of benzene rings is 1. The molecule has 1 saturated heterocycles. The van der Waals surface area contributed by atoms with Crippen LogP contribution in [-0.4, -0.2) is 38.4 Å². The molecule has 1 amide bonds. The first-order chi connectivity index (χ1) is 9.50. The van der Waals surface area contributed by atoms with Crippen molar-refractivity contribution in [2.75, 3.05) is 23.4 Å². The van der Waals surface area contributed by atoms with E-state index in [9.17, 15) is 13.2 Å². The average molecular weight is 296 g/mol. The van der Waals surface area contributed by atoms with Crippen LogP contribution < -0.4 is 10.6 Å². The summed E-state index contributed by atoms with van der Waals surface area (Å²) in [5.41, 5.74) is 1.58. The molecule has 20 heavy (non-hydrogen) atoms. The van der Waals surface area contributed by atoms with E-state index >= 15 is 0 Å². The Hall–Kier alpha value is -1.56. The van der Waals surface area contributed by atoms with Crippen molar-refractivity contribution in [1.29, 1.82) is 0 Å². The maximum Gasteiger partial charge on any atom is 0.251 e. The van der Waals surface area contributed by atoms with Crippen LogP contribution >= 0.6 is 0 Å². The number of carbonyl (C=O) groups excluding carboxylic acids is 1. The number of hydrogen-bond acceptors (Lipinski definition) is 4. The molecule has 2 rings (SSSR count). The molecule has 1 fully saturated rings. The molecule has 110 valence electrons. The fourth-order valence-corrected chi connectivity index (χ4v) is 3.74. The molecule has 0 saturated carbocycles. The number of amides is 1. The largest absolute Gasteiger partial charge is 0.385 e. The predicted molar refractivity (Wildman–Crippen MR) is 79.7 cm³/mol. The first-order valence-corrected chi connectivity index (χ1v) is 8.67. The SMILES string of the molecule is CCNc1ccc(C(=O)NC2CCS(=O)(=O)CC2)cc1. The number of sulfone groups is 1. The van der Waals surface area contributed by atoms with Gasteiger partial charge >= 0.3 is 0 Å². The number of hydrogen-bond donors (Lipinski definition) is 2. The van der Waals surface area contributed by atoms with Crippen LogP contribution in [0.3, 0.4) is 0 Å². The Morgan fingerprint density at radius 3 is 2.35 bits per heavy atom.